The predicted molar refractivity (Wildman–Crippen MR) is 142 cm³/mol. The average Bonchev–Trinajstić information content (AvgIpc) is 3.19. The van der Waals surface area contributed by atoms with Gasteiger partial charge in [0.15, 0.2) is 0 Å². The second-order valence-electron chi connectivity index (χ2n) is 9.41. The molecule has 4 nitrogen and oxygen atoms in total. The van der Waals surface area contributed by atoms with Crippen LogP contribution in [0.1, 0.15) is 62.0 Å². The zero-order chi connectivity index (χ0) is 23.7. The summed E-state index contributed by atoms with van der Waals surface area (Å²) in [6, 6.07) is 27.3. The van der Waals surface area contributed by atoms with Gasteiger partial charge in [-0.05, 0) is 41.2 Å². The highest BCUT2D eigenvalue weighted by Crippen LogP contribution is 2.34. The first-order valence-corrected chi connectivity index (χ1v) is 12.0. The van der Waals surface area contributed by atoms with Gasteiger partial charge < -0.3 is 0 Å². The predicted octanol–water partition coefficient (Wildman–Crippen LogP) is 7.63. The molecule has 0 aliphatic heterocycles. The lowest BCUT2D eigenvalue weighted by Crippen LogP contribution is -2.04. The number of aromatic nitrogens is 3. The molecule has 3 aromatic carbocycles. The van der Waals surface area contributed by atoms with Gasteiger partial charge in [0.2, 0.25) is 0 Å². The molecule has 0 amide bonds. The Bertz CT molecular complexity index is 1460. The lowest BCUT2D eigenvalue weighted by molar-refractivity contribution is 0.697. The number of hydrogen-bond acceptors (Lipinski definition) is 3. The van der Waals surface area contributed by atoms with Crippen molar-refractivity contribution in [2.75, 3.05) is 0 Å². The fourth-order valence-corrected chi connectivity index (χ4v) is 4.51. The van der Waals surface area contributed by atoms with E-state index < -0.39 is 0 Å². The Labute approximate surface area is 201 Å². The summed E-state index contributed by atoms with van der Waals surface area (Å²) in [6.07, 6.45) is 1.93. The van der Waals surface area contributed by atoms with E-state index in [2.05, 4.69) is 94.4 Å². The topological polar surface area (TPSA) is 43.1 Å². The molecule has 34 heavy (non-hydrogen) atoms. The lowest BCUT2D eigenvalue weighted by Gasteiger charge is -2.16. The molecule has 5 rings (SSSR count). The molecule has 0 bridgehead atoms. The number of fused-ring (bicyclic) bond motifs is 2. The Kier molecular flexibility index (Phi) is 5.97. The third-order valence-electron chi connectivity index (χ3n) is 6.31. The Morgan fingerprint density at radius 1 is 0.794 bits per heavy atom. The van der Waals surface area contributed by atoms with Gasteiger partial charge in [-0.25, -0.2) is 0 Å². The fraction of sp³-hybridized carbons (Fsp3) is 0.233. The normalized spacial score (nSPS) is 12.1. The first-order valence-electron chi connectivity index (χ1n) is 12.0. The maximum atomic E-state index is 5.01. The molecule has 0 aliphatic carbocycles. The molecule has 2 heterocycles. The molecule has 0 atom stereocenters. The van der Waals surface area contributed by atoms with Gasteiger partial charge in [-0.1, -0.05) is 88.4 Å². The Morgan fingerprint density at radius 3 is 2.26 bits per heavy atom. The monoisotopic (exact) mass is 446 g/mol. The maximum Gasteiger partial charge on any atom is 0.111 e. The van der Waals surface area contributed by atoms with Crippen LogP contribution in [0.2, 0.25) is 0 Å². The van der Waals surface area contributed by atoms with Crippen LogP contribution in [0.15, 0.2) is 83.9 Å². The highest BCUT2D eigenvalue weighted by atomic mass is 15.3. The van der Waals surface area contributed by atoms with Crippen molar-refractivity contribution in [2.45, 2.75) is 46.1 Å². The average molecular weight is 447 g/mol. The number of nitrogens with zero attached hydrogens (tertiary/aromatic N) is 4. The molecule has 0 N–H and O–H groups in total. The van der Waals surface area contributed by atoms with Crippen LogP contribution in [0.25, 0.3) is 21.8 Å². The Hall–Kier alpha value is -3.79. The Balaban J connectivity index is 1.55. The van der Waals surface area contributed by atoms with Gasteiger partial charge in [-0.15, -0.1) is 0 Å². The van der Waals surface area contributed by atoms with E-state index >= 15 is 0 Å². The second kappa shape index (κ2) is 9.22. The number of pyridine rings is 1. The van der Waals surface area contributed by atoms with Gasteiger partial charge in [0.1, 0.15) is 5.69 Å². The quantitative estimate of drug-likeness (QED) is 0.252. The highest BCUT2D eigenvalue weighted by Gasteiger charge is 2.14. The van der Waals surface area contributed by atoms with E-state index in [0.29, 0.717) is 18.4 Å². The first kappa shape index (κ1) is 22.0. The standard InChI is InChI=1S/C30H30N4/c1-20(2)24-12-9-13-25(21(3)4)30(24)31-18-28-26-11-6-8-15-29(26)34(33-28)19-23-17-16-22-10-5-7-14-27(22)32-23/h5-18,20-21H,19H2,1-4H3. The third kappa shape index (κ3) is 4.24. The number of aliphatic imine (C=N–C) groups is 1. The van der Waals surface area contributed by atoms with E-state index in [0.717, 1.165) is 38.9 Å². The minimum Gasteiger partial charge on any atom is -0.258 e. The van der Waals surface area contributed by atoms with Gasteiger partial charge in [-0.3, -0.25) is 14.7 Å². The summed E-state index contributed by atoms with van der Waals surface area (Å²) < 4.78 is 2.03. The summed E-state index contributed by atoms with van der Waals surface area (Å²) in [7, 11) is 0. The maximum absolute atomic E-state index is 5.01. The van der Waals surface area contributed by atoms with Gasteiger partial charge >= 0.3 is 0 Å². The Morgan fingerprint density at radius 2 is 1.50 bits per heavy atom. The number of benzene rings is 3. The largest absolute Gasteiger partial charge is 0.258 e. The second-order valence-corrected chi connectivity index (χ2v) is 9.41. The van der Waals surface area contributed by atoms with E-state index in [1.54, 1.807) is 0 Å². The first-order chi connectivity index (χ1) is 16.5. The van der Waals surface area contributed by atoms with Crippen molar-refractivity contribution in [1.29, 1.82) is 0 Å². The third-order valence-corrected chi connectivity index (χ3v) is 6.31. The molecule has 0 saturated heterocycles. The molecule has 0 fully saturated rings. The zero-order valence-corrected chi connectivity index (χ0v) is 20.2. The van der Waals surface area contributed by atoms with Crippen LogP contribution >= 0.6 is 0 Å². The molecule has 0 aliphatic rings. The van der Waals surface area contributed by atoms with Gasteiger partial charge in [0.25, 0.3) is 0 Å². The summed E-state index contributed by atoms with van der Waals surface area (Å²) in [6.45, 7) is 9.50. The summed E-state index contributed by atoms with van der Waals surface area (Å²) in [5.41, 5.74) is 7.57. The molecular formula is C30H30N4. The zero-order valence-electron chi connectivity index (χ0n) is 20.2. The lowest BCUT2D eigenvalue weighted by atomic mass is 9.93. The van der Waals surface area contributed by atoms with E-state index in [1.807, 2.05) is 23.0 Å². The van der Waals surface area contributed by atoms with Crippen molar-refractivity contribution in [3.63, 3.8) is 0 Å². The molecule has 170 valence electrons. The number of hydrogen-bond donors (Lipinski definition) is 0. The van der Waals surface area contributed by atoms with Crippen molar-refractivity contribution in [3.8, 4) is 0 Å². The van der Waals surface area contributed by atoms with E-state index in [9.17, 15) is 0 Å². The van der Waals surface area contributed by atoms with Crippen LogP contribution in [0.5, 0.6) is 0 Å². The van der Waals surface area contributed by atoms with Crippen LogP contribution in [-0.4, -0.2) is 21.0 Å². The minimum atomic E-state index is 0.402. The van der Waals surface area contributed by atoms with Crippen LogP contribution < -0.4 is 0 Å². The summed E-state index contributed by atoms with van der Waals surface area (Å²) in [5, 5.41) is 7.20. The van der Waals surface area contributed by atoms with Crippen LogP contribution in [-0.2, 0) is 6.54 Å². The fourth-order valence-electron chi connectivity index (χ4n) is 4.51. The number of para-hydroxylation sites is 3. The molecule has 0 radical (unpaired) electrons. The van der Waals surface area contributed by atoms with Crippen molar-refractivity contribution in [3.05, 3.63) is 101 Å². The van der Waals surface area contributed by atoms with Crippen molar-refractivity contribution < 1.29 is 0 Å². The van der Waals surface area contributed by atoms with Gasteiger partial charge in [0, 0.05) is 10.8 Å². The van der Waals surface area contributed by atoms with Crippen LogP contribution in [0, 0.1) is 0 Å². The van der Waals surface area contributed by atoms with Crippen LogP contribution in [0.4, 0.5) is 5.69 Å². The van der Waals surface area contributed by atoms with E-state index in [-0.39, 0.29) is 0 Å². The molecule has 0 saturated carbocycles. The van der Waals surface area contributed by atoms with Crippen molar-refractivity contribution in [1.82, 2.24) is 14.8 Å². The van der Waals surface area contributed by atoms with Gasteiger partial charge in [0.05, 0.1) is 35.2 Å². The molecule has 4 heteroatoms. The van der Waals surface area contributed by atoms with Crippen molar-refractivity contribution in [2.24, 2.45) is 4.99 Å². The number of rotatable bonds is 6. The summed E-state index contributed by atoms with van der Waals surface area (Å²) in [4.78, 5) is 9.86. The van der Waals surface area contributed by atoms with Crippen LogP contribution in [0.3, 0.4) is 0 Å². The molecule has 5 aromatic rings. The van der Waals surface area contributed by atoms with E-state index in [1.165, 1.54) is 11.1 Å². The molecule has 0 unspecified atom stereocenters. The summed E-state index contributed by atoms with van der Waals surface area (Å²) >= 11 is 0. The smallest absolute Gasteiger partial charge is 0.111 e. The minimum absolute atomic E-state index is 0.402. The summed E-state index contributed by atoms with van der Waals surface area (Å²) in [5.74, 6) is 0.804. The highest BCUT2D eigenvalue weighted by molar-refractivity contribution is 5.98. The van der Waals surface area contributed by atoms with Crippen molar-refractivity contribution >= 4 is 33.7 Å². The van der Waals surface area contributed by atoms with E-state index in [4.69, 9.17) is 15.1 Å². The molecule has 2 aromatic heterocycles. The molecular weight excluding hydrogens is 416 g/mol. The molecule has 0 spiro atoms. The van der Waals surface area contributed by atoms with Gasteiger partial charge in [-0.2, -0.15) is 5.10 Å². The SMILES string of the molecule is CC(C)c1cccc(C(C)C)c1N=Cc1nn(Cc2ccc3ccccc3n2)c2ccccc12.